The molecule has 1 aliphatic carbocycles. The molecular formula is C21H34N2O2. The Balaban J connectivity index is 0.000000246. The van der Waals surface area contributed by atoms with E-state index in [1.807, 2.05) is 18.7 Å². The topological polar surface area (TPSA) is 49.4 Å². The number of nitrogens with one attached hydrogen (secondary N) is 1. The summed E-state index contributed by atoms with van der Waals surface area (Å²) in [5, 5.41) is 2.72. The lowest BCUT2D eigenvalue weighted by molar-refractivity contribution is -0.135. The van der Waals surface area contributed by atoms with Crippen LogP contribution in [0.3, 0.4) is 0 Å². The van der Waals surface area contributed by atoms with Crippen LogP contribution in [-0.4, -0.2) is 35.8 Å². The molecule has 0 saturated carbocycles. The number of hydrogen-bond donors (Lipinski definition) is 1. The quantitative estimate of drug-likeness (QED) is 0.775. The van der Waals surface area contributed by atoms with Crippen LogP contribution < -0.4 is 5.32 Å². The van der Waals surface area contributed by atoms with Gasteiger partial charge in [0.25, 0.3) is 0 Å². The van der Waals surface area contributed by atoms with E-state index in [1.54, 1.807) is 0 Å². The van der Waals surface area contributed by atoms with Crippen LogP contribution in [0, 0.1) is 0 Å². The number of carbonyl (C=O) groups is 2. The highest BCUT2D eigenvalue weighted by atomic mass is 16.2. The average Bonchev–Trinajstić information content (AvgIpc) is 2.99. The molecule has 0 bridgehead atoms. The van der Waals surface area contributed by atoms with Gasteiger partial charge >= 0.3 is 0 Å². The Kier molecular flexibility index (Phi) is 9.90. The maximum Gasteiger partial charge on any atom is 0.245 e. The van der Waals surface area contributed by atoms with Gasteiger partial charge in [-0.2, -0.15) is 0 Å². The van der Waals surface area contributed by atoms with Crippen molar-refractivity contribution >= 4 is 11.8 Å². The number of hydrogen-bond acceptors (Lipinski definition) is 2. The number of allylic oxidation sites excluding steroid dienone is 6. The third kappa shape index (κ3) is 7.72. The second kappa shape index (κ2) is 11.7. The van der Waals surface area contributed by atoms with E-state index in [4.69, 9.17) is 0 Å². The fraction of sp³-hybridized carbons (Fsp3) is 0.619. The molecule has 2 heterocycles. The molecule has 0 radical (unpaired) electrons. The van der Waals surface area contributed by atoms with E-state index in [1.165, 1.54) is 17.6 Å². The molecule has 2 aliphatic heterocycles. The van der Waals surface area contributed by atoms with Crippen LogP contribution in [0.15, 0.2) is 35.5 Å². The maximum atomic E-state index is 11.9. The van der Waals surface area contributed by atoms with Crippen molar-refractivity contribution in [3.63, 3.8) is 0 Å². The molecule has 2 fully saturated rings. The summed E-state index contributed by atoms with van der Waals surface area (Å²) in [5.41, 5.74) is 2.73. The summed E-state index contributed by atoms with van der Waals surface area (Å²) < 4.78 is 0. The van der Waals surface area contributed by atoms with Gasteiger partial charge in [-0.15, -0.1) is 0 Å². The largest absolute Gasteiger partial charge is 0.344 e. The minimum Gasteiger partial charge on any atom is -0.344 e. The Morgan fingerprint density at radius 3 is 2.08 bits per heavy atom. The Morgan fingerprint density at radius 2 is 1.60 bits per heavy atom. The molecule has 1 atom stereocenters. The summed E-state index contributed by atoms with van der Waals surface area (Å²) in [6, 6.07) is -0.236. The summed E-state index contributed by atoms with van der Waals surface area (Å²) in [6.45, 7) is 9.99. The van der Waals surface area contributed by atoms with Crippen LogP contribution in [0.1, 0.15) is 66.2 Å². The Morgan fingerprint density at radius 1 is 1.04 bits per heavy atom. The standard InChI is InChI=1S/C10H16N2O2.C9H12.C2H6/c13-9-5-4-8(11-9)10(14)12-6-2-1-3-7-12;1-8-4-3-5-9(2)7-6-8;1-2/h8H,1-7H2,(H,11,13);4-7H,3H2,1-2H3;1-2H3. The molecule has 140 valence electrons. The lowest BCUT2D eigenvalue weighted by atomic mass is 10.1. The van der Waals surface area contributed by atoms with Crippen molar-refractivity contribution < 1.29 is 9.59 Å². The third-order valence-corrected chi connectivity index (χ3v) is 4.45. The van der Waals surface area contributed by atoms with Crippen LogP contribution in [0.5, 0.6) is 0 Å². The highest BCUT2D eigenvalue weighted by Crippen LogP contribution is 2.14. The first-order valence-corrected chi connectivity index (χ1v) is 9.66. The normalized spacial score (nSPS) is 22.3. The van der Waals surface area contributed by atoms with E-state index < -0.39 is 0 Å². The van der Waals surface area contributed by atoms with Crippen molar-refractivity contribution in [2.24, 2.45) is 0 Å². The SMILES string of the molecule is CC.CC1=CCC=C(C)C=C1.O=C1CCC(C(=O)N2CCCCC2)N1. The second-order valence-corrected chi connectivity index (χ2v) is 6.51. The van der Waals surface area contributed by atoms with E-state index in [0.29, 0.717) is 12.8 Å². The molecule has 2 amide bonds. The molecule has 4 nitrogen and oxygen atoms in total. The summed E-state index contributed by atoms with van der Waals surface area (Å²) in [4.78, 5) is 24.7. The van der Waals surface area contributed by atoms with Gasteiger partial charge in [-0.1, -0.05) is 49.3 Å². The van der Waals surface area contributed by atoms with E-state index in [0.717, 1.165) is 32.4 Å². The molecule has 25 heavy (non-hydrogen) atoms. The molecule has 1 unspecified atom stereocenters. The van der Waals surface area contributed by atoms with Crippen LogP contribution in [0.25, 0.3) is 0 Å². The lowest BCUT2D eigenvalue weighted by Gasteiger charge is -2.28. The Labute approximate surface area is 153 Å². The average molecular weight is 347 g/mol. The molecule has 1 N–H and O–H groups in total. The van der Waals surface area contributed by atoms with Crippen molar-refractivity contribution in [3.8, 4) is 0 Å². The van der Waals surface area contributed by atoms with Gasteiger partial charge in [0.15, 0.2) is 0 Å². The number of amides is 2. The van der Waals surface area contributed by atoms with Crippen LogP contribution in [0.4, 0.5) is 0 Å². The van der Waals surface area contributed by atoms with Crippen LogP contribution in [0.2, 0.25) is 0 Å². The van der Waals surface area contributed by atoms with Crippen molar-refractivity contribution in [2.75, 3.05) is 13.1 Å². The first-order valence-electron chi connectivity index (χ1n) is 9.66. The monoisotopic (exact) mass is 346 g/mol. The molecule has 3 rings (SSSR count). The fourth-order valence-electron chi connectivity index (χ4n) is 2.96. The first-order chi connectivity index (χ1) is 12.1. The van der Waals surface area contributed by atoms with Crippen molar-refractivity contribution in [2.45, 2.75) is 72.3 Å². The van der Waals surface area contributed by atoms with E-state index >= 15 is 0 Å². The minimum absolute atomic E-state index is 0.0142. The molecule has 0 spiro atoms. The molecule has 0 aromatic heterocycles. The number of nitrogens with zero attached hydrogens (tertiary/aromatic N) is 1. The van der Waals surface area contributed by atoms with Gasteiger partial charge in [0.1, 0.15) is 6.04 Å². The van der Waals surface area contributed by atoms with Gasteiger partial charge in [0, 0.05) is 19.5 Å². The second-order valence-electron chi connectivity index (χ2n) is 6.51. The number of carbonyl (C=O) groups excluding carboxylic acids is 2. The van der Waals surface area contributed by atoms with E-state index in [2.05, 4.69) is 43.5 Å². The van der Waals surface area contributed by atoms with Crippen molar-refractivity contribution in [3.05, 3.63) is 35.5 Å². The third-order valence-electron chi connectivity index (χ3n) is 4.45. The molecule has 0 aromatic rings. The molecule has 2 saturated heterocycles. The summed E-state index contributed by atoms with van der Waals surface area (Å²) in [5.74, 6) is 0.135. The zero-order chi connectivity index (χ0) is 18.7. The zero-order valence-electron chi connectivity index (χ0n) is 16.3. The molecule has 3 aliphatic rings. The van der Waals surface area contributed by atoms with Gasteiger partial charge in [0.2, 0.25) is 11.8 Å². The van der Waals surface area contributed by atoms with Gasteiger partial charge in [-0.3, -0.25) is 9.59 Å². The smallest absolute Gasteiger partial charge is 0.245 e. The van der Waals surface area contributed by atoms with Gasteiger partial charge in [0.05, 0.1) is 0 Å². The van der Waals surface area contributed by atoms with Crippen molar-refractivity contribution in [1.29, 1.82) is 0 Å². The highest BCUT2D eigenvalue weighted by molar-refractivity contribution is 5.90. The first kappa shape index (κ1) is 21.2. The highest BCUT2D eigenvalue weighted by Gasteiger charge is 2.30. The molecular weight excluding hydrogens is 312 g/mol. The predicted molar refractivity (Wildman–Crippen MR) is 104 cm³/mol. The van der Waals surface area contributed by atoms with Crippen LogP contribution >= 0.6 is 0 Å². The zero-order valence-corrected chi connectivity index (χ0v) is 16.3. The van der Waals surface area contributed by atoms with Gasteiger partial charge in [-0.05, 0) is 46.0 Å². The minimum atomic E-state index is -0.236. The molecule has 0 aromatic carbocycles. The van der Waals surface area contributed by atoms with Gasteiger partial charge < -0.3 is 10.2 Å². The summed E-state index contributed by atoms with van der Waals surface area (Å²) in [6.07, 6.45) is 14.5. The fourth-order valence-corrected chi connectivity index (χ4v) is 2.96. The Hall–Kier alpha value is -1.84. The van der Waals surface area contributed by atoms with E-state index in [9.17, 15) is 9.59 Å². The summed E-state index contributed by atoms with van der Waals surface area (Å²) >= 11 is 0. The Bertz CT molecular complexity index is 506. The van der Waals surface area contributed by atoms with Gasteiger partial charge in [-0.25, -0.2) is 0 Å². The lowest BCUT2D eigenvalue weighted by Crippen LogP contribution is -2.46. The number of piperidine rings is 1. The predicted octanol–water partition coefficient (Wildman–Crippen LogP) is 4.14. The number of rotatable bonds is 1. The van der Waals surface area contributed by atoms with E-state index in [-0.39, 0.29) is 17.9 Å². The maximum absolute atomic E-state index is 11.9. The summed E-state index contributed by atoms with van der Waals surface area (Å²) in [7, 11) is 0. The molecule has 4 heteroatoms. The van der Waals surface area contributed by atoms with Crippen molar-refractivity contribution in [1.82, 2.24) is 10.2 Å². The van der Waals surface area contributed by atoms with Crippen LogP contribution in [-0.2, 0) is 9.59 Å². The number of likely N-dealkylation sites (tertiary alicyclic amines) is 1.